The summed E-state index contributed by atoms with van der Waals surface area (Å²) < 4.78 is 0. The molecule has 0 unspecified atom stereocenters. The molecule has 0 spiro atoms. The molecule has 49 heavy (non-hydrogen) atoms. The molecule has 6 aromatic rings. The molecule has 240 valence electrons. The monoisotopic (exact) mass is 634 g/mol. The van der Waals surface area contributed by atoms with Gasteiger partial charge in [0.05, 0.1) is 0 Å². The van der Waals surface area contributed by atoms with Gasteiger partial charge < -0.3 is 9.80 Å². The van der Waals surface area contributed by atoms with Crippen LogP contribution in [0.1, 0.15) is 36.5 Å². The molecule has 0 aliphatic heterocycles. The molecular weight excluding hydrogens is 593 g/mol. The summed E-state index contributed by atoms with van der Waals surface area (Å²) >= 11 is 0. The smallest absolute Gasteiger partial charge is 0.0462 e. The number of anilines is 5. The average Bonchev–Trinajstić information content (AvgIpc) is 3.17. The third-order valence-corrected chi connectivity index (χ3v) is 8.16. The summed E-state index contributed by atoms with van der Waals surface area (Å²) in [5.74, 6) is 0. The Morgan fingerprint density at radius 3 is 1.27 bits per heavy atom. The van der Waals surface area contributed by atoms with Crippen molar-refractivity contribution in [3.05, 3.63) is 217 Å². The van der Waals surface area contributed by atoms with Crippen LogP contribution >= 0.6 is 0 Å². The SMILES string of the molecule is CC/C=C(\C=C/C/C=C/c1ccc(/C=C/c2ccc(N(c3ccccc3)c3ccccc3)cc2)cc1)N(c1ccccc1)c1ccccc1. The van der Waals surface area contributed by atoms with Crippen LogP contribution < -0.4 is 9.80 Å². The average molecular weight is 635 g/mol. The molecule has 0 heterocycles. The fourth-order valence-electron chi connectivity index (χ4n) is 5.76. The second-order valence-corrected chi connectivity index (χ2v) is 11.7. The van der Waals surface area contributed by atoms with Crippen LogP contribution in [0.15, 0.2) is 200 Å². The first-order chi connectivity index (χ1) is 24.3. The first-order valence-corrected chi connectivity index (χ1v) is 17.0. The molecule has 0 aliphatic rings. The van der Waals surface area contributed by atoms with Gasteiger partial charge in [0, 0.05) is 34.1 Å². The normalized spacial score (nSPS) is 11.8. The van der Waals surface area contributed by atoms with Crippen LogP contribution in [0.4, 0.5) is 28.4 Å². The number of nitrogens with zero attached hydrogens (tertiary/aromatic N) is 2. The maximum Gasteiger partial charge on any atom is 0.0462 e. The van der Waals surface area contributed by atoms with Gasteiger partial charge in [-0.15, -0.1) is 0 Å². The van der Waals surface area contributed by atoms with Crippen LogP contribution in [-0.2, 0) is 0 Å². The van der Waals surface area contributed by atoms with Crippen molar-refractivity contribution in [3.8, 4) is 0 Å². The Morgan fingerprint density at radius 1 is 0.429 bits per heavy atom. The van der Waals surface area contributed by atoms with Gasteiger partial charge in [0.2, 0.25) is 0 Å². The lowest BCUT2D eigenvalue weighted by molar-refractivity contribution is 1.13. The van der Waals surface area contributed by atoms with E-state index in [1.54, 1.807) is 0 Å². The molecular formula is C47H42N2. The highest BCUT2D eigenvalue weighted by atomic mass is 15.1. The third kappa shape index (κ3) is 9.03. The zero-order chi connectivity index (χ0) is 33.5. The Kier molecular flexibility index (Phi) is 11.5. The molecule has 0 radical (unpaired) electrons. The highest BCUT2D eigenvalue weighted by Crippen LogP contribution is 2.34. The van der Waals surface area contributed by atoms with Crippen molar-refractivity contribution in [2.24, 2.45) is 0 Å². The van der Waals surface area contributed by atoms with E-state index >= 15 is 0 Å². The molecule has 0 N–H and O–H groups in total. The number of para-hydroxylation sites is 4. The van der Waals surface area contributed by atoms with Crippen LogP contribution in [0.2, 0.25) is 0 Å². The Hall–Kier alpha value is -6.12. The van der Waals surface area contributed by atoms with E-state index in [4.69, 9.17) is 0 Å². The number of rotatable bonds is 13. The summed E-state index contributed by atoms with van der Waals surface area (Å²) in [4.78, 5) is 4.59. The molecule has 6 aromatic carbocycles. The number of hydrogen-bond donors (Lipinski definition) is 0. The summed E-state index contributed by atoms with van der Waals surface area (Å²) in [6.07, 6.45) is 17.3. The lowest BCUT2D eigenvalue weighted by atomic mass is 10.1. The van der Waals surface area contributed by atoms with Gasteiger partial charge in [-0.25, -0.2) is 0 Å². The van der Waals surface area contributed by atoms with E-state index in [2.05, 4.69) is 229 Å². The van der Waals surface area contributed by atoms with Crippen molar-refractivity contribution in [3.63, 3.8) is 0 Å². The number of allylic oxidation sites excluding steroid dienone is 4. The van der Waals surface area contributed by atoms with Crippen molar-refractivity contribution in [1.29, 1.82) is 0 Å². The van der Waals surface area contributed by atoms with Gasteiger partial charge >= 0.3 is 0 Å². The molecule has 0 bridgehead atoms. The van der Waals surface area contributed by atoms with Crippen LogP contribution in [0.5, 0.6) is 0 Å². The highest BCUT2D eigenvalue weighted by molar-refractivity contribution is 5.78. The van der Waals surface area contributed by atoms with Crippen LogP contribution in [0.3, 0.4) is 0 Å². The van der Waals surface area contributed by atoms with E-state index in [1.807, 2.05) is 0 Å². The summed E-state index contributed by atoms with van der Waals surface area (Å²) in [5.41, 5.74) is 10.4. The van der Waals surface area contributed by atoms with Gasteiger partial charge in [-0.1, -0.05) is 153 Å². The van der Waals surface area contributed by atoms with Crippen LogP contribution in [-0.4, -0.2) is 0 Å². The van der Waals surface area contributed by atoms with E-state index in [0.29, 0.717) is 0 Å². The number of benzene rings is 6. The zero-order valence-corrected chi connectivity index (χ0v) is 28.0. The summed E-state index contributed by atoms with van der Waals surface area (Å²) in [7, 11) is 0. The Balaban J connectivity index is 1.08. The molecule has 0 amide bonds. The van der Waals surface area contributed by atoms with Gasteiger partial charge in [-0.05, 0) is 96.3 Å². The minimum atomic E-state index is 0.849. The summed E-state index contributed by atoms with van der Waals surface area (Å²) in [6, 6.07) is 59.5. The minimum absolute atomic E-state index is 0.849. The standard InChI is InChI=1S/C47H42N2/c1-2-18-42(48(43-21-10-4-11-22-43)44-23-12-5-13-24-44)20-9-3-8-19-39-29-31-40(32-30-39)33-34-41-35-37-47(38-36-41)49(45-25-14-6-15-26-45)46-27-16-7-17-28-46/h4-38H,2-3H2,1H3/b19-8+,20-9-,34-33+,42-18+. The first kappa shape index (κ1) is 32.8. The van der Waals surface area contributed by atoms with E-state index in [1.165, 1.54) is 16.8 Å². The quantitative estimate of drug-likeness (QED) is 0.0921. The topological polar surface area (TPSA) is 6.48 Å². The van der Waals surface area contributed by atoms with Crippen molar-refractivity contribution >= 4 is 46.7 Å². The Morgan fingerprint density at radius 2 is 0.816 bits per heavy atom. The maximum atomic E-state index is 2.31. The Labute approximate surface area is 291 Å². The van der Waals surface area contributed by atoms with Crippen LogP contribution in [0, 0.1) is 0 Å². The molecule has 0 atom stereocenters. The molecule has 0 fully saturated rings. The molecule has 0 aliphatic carbocycles. The lowest BCUT2D eigenvalue weighted by Crippen LogP contribution is -2.15. The van der Waals surface area contributed by atoms with Crippen molar-refractivity contribution < 1.29 is 0 Å². The van der Waals surface area contributed by atoms with Crippen LogP contribution in [0.25, 0.3) is 18.2 Å². The van der Waals surface area contributed by atoms with Gasteiger partial charge in [-0.2, -0.15) is 0 Å². The largest absolute Gasteiger partial charge is 0.311 e. The van der Waals surface area contributed by atoms with E-state index in [-0.39, 0.29) is 0 Å². The van der Waals surface area contributed by atoms with Crippen molar-refractivity contribution in [1.82, 2.24) is 0 Å². The lowest BCUT2D eigenvalue weighted by Gasteiger charge is -2.26. The molecule has 2 heteroatoms. The molecule has 2 nitrogen and oxygen atoms in total. The molecule has 6 rings (SSSR count). The second-order valence-electron chi connectivity index (χ2n) is 11.7. The van der Waals surface area contributed by atoms with E-state index in [0.717, 1.165) is 46.8 Å². The number of hydrogen-bond acceptors (Lipinski definition) is 2. The fourth-order valence-corrected chi connectivity index (χ4v) is 5.76. The molecule has 0 saturated heterocycles. The predicted molar refractivity (Wildman–Crippen MR) is 213 cm³/mol. The molecule has 0 saturated carbocycles. The molecule has 0 aromatic heterocycles. The van der Waals surface area contributed by atoms with Crippen molar-refractivity contribution in [2.75, 3.05) is 9.80 Å². The highest BCUT2D eigenvalue weighted by Gasteiger charge is 2.12. The first-order valence-electron chi connectivity index (χ1n) is 17.0. The van der Waals surface area contributed by atoms with Gasteiger partial charge in [0.15, 0.2) is 0 Å². The Bertz CT molecular complexity index is 1890. The van der Waals surface area contributed by atoms with Gasteiger partial charge in [-0.3, -0.25) is 0 Å². The van der Waals surface area contributed by atoms with Gasteiger partial charge in [0.25, 0.3) is 0 Å². The summed E-state index contributed by atoms with van der Waals surface area (Å²) in [5, 5.41) is 0. The minimum Gasteiger partial charge on any atom is -0.311 e. The third-order valence-electron chi connectivity index (χ3n) is 8.16. The van der Waals surface area contributed by atoms with Gasteiger partial charge in [0.1, 0.15) is 0 Å². The maximum absolute atomic E-state index is 2.31. The van der Waals surface area contributed by atoms with E-state index in [9.17, 15) is 0 Å². The van der Waals surface area contributed by atoms with Crippen molar-refractivity contribution in [2.45, 2.75) is 19.8 Å². The second kappa shape index (κ2) is 17.2. The summed E-state index contributed by atoms with van der Waals surface area (Å²) in [6.45, 7) is 2.18. The fraction of sp³-hybridized carbons (Fsp3) is 0.0638. The predicted octanol–water partition coefficient (Wildman–Crippen LogP) is 13.4. The van der Waals surface area contributed by atoms with E-state index < -0.39 is 0 Å². The zero-order valence-electron chi connectivity index (χ0n) is 28.0.